The van der Waals surface area contributed by atoms with Crippen molar-refractivity contribution in [3.8, 4) is 0 Å². The average Bonchev–Trinajstić information content (AvgIpc) is 3.54. The molecule has 3 aromatic rings. The van der Waals surface area contributed by atoms with Gasteiger partial charge in [-0.25, -0.2) is 8.42 Å². The maximum Gasteiger partial charge on any atom is 0.261 e. The van der Waals surface area contributed by atoms with E-state index < -0.39 is 10.0 Å². The molecule has 1 saturated carbocycles. The number of nitrogens with zero attached hydrogens (tertiary/aromatic N) is 1. The van der Waals surface area contributed by atoms with Gasteiger partial charge in [0.25, 0.3) is 10.0 Å². The summed E-state index contributed by atoms with van der Waals surface area (Å²) in [4.78, 5) is 12.2. The fraction of sp³-hybridized carbons (Fsp3) is 0.217. The molecule has 1 amide bonds. The highest BCUT2D eigenvalue weighted by Gasteiger charge is 2.30. The zero-order valence-electron chi connectivity index (χ0n) is 17.3. The van der Waals surface area contributed by atoms with Gasteiger partial charge in [-0.05, 0) is 62.6 Å². The van der Waals surface area contributed by atoms with Crippen molar-refractivity contribution in [2.45, 2.75) is 31.6 Å². The van der Waals surface area contributed by atoms with E-state index in [1.165, 1.54) is 12.1 Å². The number of nitrogens with one attached hydrogen (secondary N) is 2. The van der Waals surface area contributed by atoms with Crippen LogP contribution < -0.4 is 10.0 Å². The van der Waals surface area contributed by atoms with E-state index in [1.807, 2.05) is 19.1 Å². The molecule has 1 fully saturated rings. The second-order valence-corrected chi connectivity index (χ2v) is 9.33. The first-order valence-corrected chi connectivity index (χ1v) is 11.4. The summed E-state index contributed by atoms with van der Waals surface area (Å²) in [5.74, 6) is 0.509. The van der Waals surface area contributed by atoms with Gasteiger partial charge in [0.1, 0.15) is 11.4 Å². The van der Waals surface area contributed by atoms with Crippen LogP contribution in [0.5, 0.6) is 0 Å². The monoisotopic (exact) mass is 437 g/mol. The van der Waals surface area contributed by atoms with Crippen molar-refractivity contribution in [3.63, 3.8) is 0 Å². The van der Waals surface area contributed by atoms with E-state index in [1.54, 1.807) is 43.3 Å². The summed E-state index contributed by atoms with van der Waals surface area (Å²) in [5.41, 5.74) is 3.52. The summed E-state index contributed by atoms with van der Waals surface area (Å²) < 4.78 is 33.1. The molecule has 0 radical (unpaired) electrons. The highest BCUT2D eigenvalue weighted by Crippen LogP contribution is 2.32. The Balaban J connectivity index is 1.47. The topological polar surface area (TPSA) is 101 Å². The lowest BCUT2D eigenvalue weighted by molar-refractivity contribution is -0.117. The van der Waals surface area contributed by atoms with Crippen LogP contribution in [-0.4, -0.2) is 19.5 Å². The number of sulfonamides is 1. The molecule has 0 aliphatic heterocycles. The molecule has 2 N–H and O–H groups in total. The molecule has 8 heteroatoms. The Bertz CT molecular complexity index is 1220. The number of hydrogen-bond donors (Lipinski definition) is 2. The molecule has 1 aliphatic carbocycles. The van der Waals surface area contributed by atoms with Crippen molar-refractivity contribution < 1.29 is 17.7 Å². The molecule has 4 rings (SSSR count). The number of hydrogen-bond acceptors (Lipinski definition) is 5. The number of anilines is 2. The standard InChI is InChI=1S/C23H23N3O4S/c1-15-3-10-19(11-4-15)26-31(28,29)20-12-5-17(6-13-20)7-14-21-22(16(2)25-30-21)24-23(27)18-8-9-18/h3-7,10-14,18,26H,8-9H2,1-2H3,(H,24,27). The van der Waals surface area contributed by atoms with Crippen molar-refractivity contribution in [1.82, 2.24) is 5.16 Å². The number of aromatic nitrogens is 1. The van der Waals surface area contributed by atoms with Gasteiger partial charge >= 0.3 is 0 Å². The Labute approximate surface area is 181 Å². The molecule has 0 saturated heterocycles. The van der Waals surface area contributed by atoms with E-state index in [9.17, 15) is 13.2 Å². The van der Waals surface area contributed by atoms with E-state index in [2.05, 4.69) is 15.2 Å². The van der Waals surface area contributed by atoms with Gasteiger partial charge in [-0.1, -0.05) is 41.1 Å². The van der Waals surface area contributed by atoms with Crippen LogP contribution in [0.3, 0.4) is 0 Å². The first-order chi connectivity index (χ1) is 14.8. The molecule has 0 atom stereocenters. The third-order valence-electron chi connectivity index (χ3n) is 5.01. The molecular weight excluding hydrogens is 414 g/mol. The highest BCUT2D eigenvalue weighted by atomic mass is 32.2. The minimum Gasteiger partial charge on any atom is -0.354 e. The molecule has 31 heavy (non-hydrogen) atoms. The Kier molecular flexibility index (Phi) is 5.65. The molecule has 0 bridgehead atoms. The Morgan fingerprint density at radius 3 is 2.35 bits per heavy atom. The van der Waals surface area contributed by atoms with E-state index in [0.717, 1.165) is 24.0 Å². The lowest BCUT2D eigenvalue weighted by Gasteiger charge is -2.08. The third kappa shape index (κ3) is 5.03. The predicted molar refractivity (Wildman–Crippen MR) is 120 cm³/mol. The molecular formula is C23H23N3O4S. The summed E-state index contributed by atoms with van der Waals surface area (Å²) in [6.45, 7) is 3.71. The van der Waals surface area contributed by atoms with Crippen LogP contribution in [-0.2, 0) is 14.8 Å². The number of benzene rings is 2. The SMILES string of the molecule is Cc1ccc(NS(=O)(=O)c2ccc(C=Cc3onc(C)c3NC(=O)C3CC3)cc2)cc1. The number of rotatable bonds is 7. The van der Waals surface area contributed by atoms with Gasteiger partial charge in [-0.2, -0.15) is 0 Å². The fourth-order valence-corrected chi connectivity index (χ4v) is 4.05. The molecule has 1 aliphatic rings. The lowest BCUT2D eigenvalue weighted by atomic mass is 10.2. The minimum atomic E-state index is -3.68. The van der Waals surface area contributed by atoms with Gasteiger partial charge in [-0.15, -0.1) is 0 Å². The van der Waals surface area contributed by atoms with Crippen LogP contribution in [0.25, 0.3) is 12.2 Å². The normalized spacial score (nSPS) is 14.0. The molecule has 1 aromatic heterocycles. The van der Waals surface area contributed by atoms with Crippen LogP contribution in [0, 0.1) is 19.8 Å². The van der Waals surface area contributed by atoms with E-state index in [4.69, 9.17) is 4.52 Å². The maximum atomic E-state index is 12.6. The quantitative estimate of drug-likeness (QED) is 0.562. The Morgan fingerprint density at radius 2 is 1.71 bits per heavy atom. The zero-order chi connectivity index (χ0) is 22.0. The lowest BCUT2D eigenvalue weighted by Crippen LogP contribution is -2.14. The molecule has 7 nitrogen and oxygen atoms in total. The second-order valence-electron chi connectivity index (χ2n) is 7.64. The van der Waals surface area contributed by atoms with Gasteiger partial charge < -0.3 is 9.84 Å². The van der Waals surface area contributed by atoms with Crippen molar-refractivity contribution >= 4 is 39.5 Å². The van der Waals surface area contributed by atoms with E-state index in [-0.39, 0.29) is 16.7 Å². The van der Waals surface area contributed by atoms with Gasteiger partial charge in [0.05, 0.1) is 4.90 Å². The van der Waals surface area contributed by atoms with E-state index >= 15 is 0 Å². The van der Waals surface area contributed by atoms with Crippen LogP contribution in [0.4, 0.5) is 11.4 Å². The largest absolute Gasteiger partial charge is 0.354 e. The Hall–Kier alpha value is -3.39. The van der Waals surface area contributed by atoms with Crippen molar-refractivity contribution in [2.24, 2.45) is 5.92 Å². The van der Waals surface area contributed by atoms with Gasteiger partial charge in [0, 0.05) is 11.6 Å². The number of amides is 1. The molecule has 1 heterocycles. The van der Waals surface area contributed by atoms with Gasteiger partial charge in [0.2, 0.25) is 5.91 Å². The summed E-state index contributed by atoms with van der Waals surface area (Å²) in [6, 6.07) is 13.6. The van der Waals surface area contributed by atoms with Crippen molar-refractivity contribution in [2.75, 3.05) is 10.0 Å². The Morgan fingerprint density at radius 1 is 1.03 bits per heavy atom. The van der Waals surface area contributed by atoms with E-state index in [0.29, 0.717) is 22.8 Å². The summed E-state index contributed by atoms with van der Waals surface area (Å²) >= 11 is 0. The summed E-state index contributed by atoms with van der Waals surface area (Å²) in [5, 5.41) is 6.80. The van der Waals surface area contributed by atoms with Gasteiger partial charge in [0.15, 0.2) is 5.76 Å². The summed E-state index contributed by atoms with van der Waals surface area (Å²) in [6.07, 6.45) is 5.30. The first-order valence-electron chi connectivity index (χ1n) is 9.96. The first kappa shape index (κ1) is 20.9. The van der Waals surface area contributed by atoms with Crippen molar-refractivity contribution in [3.05, 3.63) is 71.1 Å². The number of carbonyl (C=O) groups excluding carboxylic acids is 1. The fourth-order valence-electron chi connectivity index (χ4n) is 2.99. The molecule has 2 aromatic carbocycles. The third-order valence-corrected chi connectivity index (χ3v) is 6.40. The van der Waals surface area contributed by atoms with Crippen LogP contribution in [0.15, 0.2) is 57.9 Å². The minimum absolute atomic E-state index is 0.0170. The van der Waals surface area contributed by atoms with Crippen LogP contribution in [0.2, 0.25) is 0 Å². The second kappa shape index (κ2) is 8.39. The zero-order valence-corrected chi connectivity index (χ0v) is 18.1. The summed E-state index contributed by atoms with van der Waals surface area (Å²) in [7, 11) is -3.68. The number of aryl methyl sites for hydroxylation is 2. The molecule has 160 valence electrons. The number of carbonyl (C=O) groups is 1. The predicted octanol–water partition coefficient (Wildman–Crippen LogP) is 4.61. The molecule has 0 spiro atoms. The molecule has 0 unspecified atom stereocenters. The van der Waals surface area contributed by atoms with Crippen LogP contribution in [0.1, 0.15) is 35.4 Å². The van der Waals surface area contributed by atoms with Crippen LogP contribution >= 0.6 is 0 Å². The van der Waals surface area contributed by atoms with Crippen molar-refractivity contribution in [1.29, 1.82) is 0 Å². The maximum absolute atomic E-state index is 12.6. The average molecular weight is 438 g/mol. The highest BCUT2D eigenvalue weighted by molar-refractivity contribution is 7.92. The smallest absolute Gasteiger partial charge is 0.261 e. The van der Waals surface area contributed by atoms with Gasteiger partial charge in [-0.3, -0.25) is 9.52 Å².